The molecule has 26 heavy (non-hydrogen) atoms. The summed E-state index contributed by atoms with van der Waals surface area (Å²) in [5.74, 6) is -0.572. The maximum atomic E-state index is 12.6. The van der Waals surface area contributed by atoms with Crippen LogP contribution in [0, 0.1) is 12.8 Å². The van der Waals surface area contributed by atoms with E-state index in [1.54, 1.807) is 19.1 Å². The molecular formula is C20H24ClNO3S. The summed E-state index contributed by atoms with van der Waals surface area (Å²) < 4.78 is 5.25. The number of halogens is 1. The van der Waals surface area contributed by atoms with E-state index in [4.69, 9.17) is 16.3 Å². The molecule has 2 aromatic rings. The highest BCUT2D eigenvalue weighted by Gasteiger charge is 2.26. The number of nitrogens with one attached hydrogen (secondary N) is 1. The predicted molar refractivity (Wildman–Crippen MR) is 108 cm³/mol. The van der Waals surface area contributed by atoms with Gasteiger partial charge in [0.25, 0.3) is 0 Å². The van der Waals surface area contributed by atoms with E-state index in [-0.39, 0.29) is 18.4 Å². The number of hydrogen-bond acceptors (Lipinski definition) is 4. The molecule has 0 aliphatic rings. The molecule has 0 bridgehead atoms. The van der Waals surface area contributed by atoms with Crippen molar-refractivity contribution in [3.63, 3.8) is 0 Å². The van der Waals surface area contributed by atoms with Gasteiger partial charge in [0.15, 0.2) is 0 Å². The van der Waals surface area contributed by atoms with Crippen molar-refractivity contribution in [1.82, 2.24) is 0 Å². The van der Waals surface area contributed by atoms with Crippen molar-refractivity contribution < 1.29 is 14.3 Å². The second-order valence-corrected chi connectivity index (χ2v) is 7.63. The summed E-state index contributed by atoms with van der Waals surface area (Å²) in [6, 6.07) is 7.30. The molecule has 1 aromatic heterocycles. The summed E-state index contributed by atoms with van der Waals surface area (Å²) in [4.78, 5) is 26.1. The number of amides is 1. The number of thiophene rings is 1. The molecule has 0 saturated heterocycles. The molecule has 1 N–H and O–H groups in total. The van der Waals surface area contributed by atoms with Crippen LogP contribution in [-0.2, 0) is 9.53 Å². The van der Waals surface area contributed by atoms with E-state index in [1.165, 1.54) is 11.3 Å². The van der Waals surface area contributed by atoms with E-state index in [9.17, 15) is 9.59 Å². The van der Waals surface area contributed by atoms with Gasteiger partial charge in [-0.05, 0) is 44.4 Å². The molecule has 1 amide bonds. The minimum atomic E-state index is -0.429. The minimum absolute atomic E-state index is 0.0653. The third kappa shape index (κ3) is 4.46. The lowest BCUT2D eigenvalue weighted by molar-refractivity contribution is -0.120. The number of anilines is 1. The predicted octanol–water partition coefficient (Wildman–Crippen LogP) is 5.93. The standard InChI is InChI=1S/C20H24ClNO3S/c1-5-13(6-2)18(23)22-19-17(20(24)25-7-3)16(12(4)26-19)14-8-10-15(21)11-9-14/h8-11,13H,5-7H2,1-4H3,(H,22,23). The van der Waals surface area contributed by atoms with Gasteiger partial charge in [-0.1, -0.05) is 37.6 Å². The number of rotatable bonds is 7. The van der Waals surface area contributed by atoms with E-state index in [1.807, 2.05) is 32.9 Å². The number of esters is 1. The summed E-state index contributed by atoms with van der Waals surface area (Å²) in [6.45, 7) is 7.94. The van der Waals surface area contributed by atoms with Crippen LogP contribution in [0.3, 0.4) is 0 Å². The van der Waals surface area contributed by atoms with Crippen LogP contribution in [0.5, 0.6) is 0 Å². The van der Waals surface area contributed by atoms with Gasteiger partial charge in [-0.2, -0.15) is 0 Å². The van der Waals surface area contributed by atoms with Gasteiger partial charge in [0.2, 0.25) is 5.91 Å². The molecule has 0 fully saturated rings. The van der Waals surface area contributed by atoms with Gasteiger partial charge in [-0.3, -0.25) is 4.79 Å². The molecule has 6 heteroatoms. The molecule has 1 aromatic carbocycles. The first-order valence-electron chi connectivity index (χ1n) is 8.80. The van der Waals surface area contributed by atoms with Crippen LogP contribution < -0.4 is 5.32 Å². The van der Waals surface area contributed by atoms with E-state index in [0.29, 0.717) is 15.6 Å². The largest absolute Gasteiger partial charge is 0.462 e. The summed E-state index contributed by atoms with van der Waals surface area (Å²) in [5.41, 5.74) is 2.06. The fourth-order valence-electron chi connectivity index (χ4n) is 2.87. The van der Waals surface area contributed by atoms with Crippen LogP contribution in [0.25, 0.3) is 11.1 Å². The van der Waals surface area contributed by atoms with Crippen molar-refractivity contribution in [1.29, 1.82) is 0 Å². The van der Waals surface area contributed by atoms with Gasteiger partial charge < -0.3 is 10.1 Å². The van der Waals surface area contributed by atoms with E-state index >= 15 is 0 Å². The first-order chi connectivity index (χ1) is 12.4. The first kappa shape index (κ1) is 20.5. The van der Waals surface area contributed by atoms with Crippen LogP contribution in [0.1, 0.15) is 48.8 Å². The molecule has 0 unspecified atom stereocenters. The Morgan fingerprint density at radius 3 is 2.31 bits per heavy atom. The Morgan fingerprint density at radius 2 is 1.77 bits per heavy atom. The van der Waals surface area contributed by atoms with Crippen molar-refractivity contribution in [2.75, 3.05) is 11.9 Å². The van der Waals surface area contributed by atoms with E-state index in [0.717, 1.165) is 28.8 Å². The number of benzene rings is 1. The monoisotopic (exact) mass is 393 g/mol. The molecule has 0 spiro atoms. The van der Waals surface area contributed by atoms with Crippen LogP contribution >= 0.6 is 22.9 Å². The Balaban J connectivity index is 2.52. The molecule has 2 rings (SSSR count). The van der Waals surface area contributed by atoms with E-state index in [2.05, 4.69) is 5.32 Å². The molecule has 0 saturated carbocycles. The number of carbonyl (C=O) groups excluding carboxylic acids is 2. The van der Waals surface area contributed by atoms with Crippen molar-refractivity contribution in [2.24, 2.45) is 5.92 Å². The maximum absolute atomic E-state index is 12.6. The lowest BCUT2D eigenvalue weighted by Crippen LogP contribution is -2.22. The van der Waals surface area contributed by atoms with E-state index < -0.39 is 5.97 Å². The smallest absolute Gasteiger partial charge is 0.341 e. The normalized spacial score (nSPS) is 10.8. The highest BCUT2D eigenvalue weighted by molar-refractivity contribution is 7.17. The molecule has 1 heterocycles. The summed E-state index contributed by atoms with van der Waals surface area (Å²) >= 11 is 7.38. The average Bonchev–Trinajstić information content (AvgIpc) is 2.93. The third-order valence-corrected chi connectivity index (χ3v) is 5.56. The summed E-state index contributed by atoms with van der Waals surface area (Å²) in [5, 5.41) is 4.12. The molecule has 0 atom stereocenters. The third-order valence-electron chi connectivity index (χ3n) is 4.29. The molecular weight excluding hydrogens is 370 g/mol. The molecule has 0 radical (unpaired) electrons. The topological polar surface area (TPSA) is 55.4 Å². The SMILES string of the molecule is CCOC(=O)c1c(NC(=O)C(CC)CC)sc(C)c1-c1ccc(Cl)cc1. The van der Waals surface area contributed by atoms with Crippen molar-refractivity contribution in [2.45, 2.75) is 40.5 Å². The Labute approximate surface area is 163 Å². The van der Waals surface area contributed by atoms with Gasteiger partial charge in [0, 0.05) is 21.4 Å². The van der Waals surface area contributed by atoms with Gasteiger partial charge in [0.05, 0.1) is 6.61 Å². The summed E-state index contributed by atoms with van der Waals surface area (Å²) in [7, 11) is 0. The Hall–Kier alpha value is -1.85. The van der Waals surface area contributed by atoms with Gasteiger partial charge in [-0.25, -0.2) is 4.79 Å². The number of hydrogen-bond donors (Lipinski definition) is 1. The van der Waals surface area contributed by atoms with Crippen molar-refractivity contribution >= 4 is 39.8 Å². The second kappa shape index (κ2) is 9.19. The fourth-order valence-corrected chi connectivity index (χ4v) is 4.06. The van der Waals surface area contributed by atoms with Crippen molar-refractivity contribution in [3.05, 3.63) is 39.7 Å². The molecule has 0 aliphatic heterocycles. The first-order valence-corrected chi connectivity index (χ1v) is 9.99. The highest BCUT2D eigenvalue weighted by Crippen LogP contribution is 2.41. The lowest BCUT2D eigenvalue weighted by Gasteiger charge is -2.13. The highest BCUT2D eigenvalue weighted by atomic mass is 35.5. The van der Waals surface area contributed by atoms with Crippen LogP contribution in [0.15, 0.2) is 24.3 Å². The Kier molecular flexibility index (Phi) is 7.23. The Morgan fingerprint density at radius 1 is 1.15 bits per heavy atom. The minimum Gasteiger partial charge on any atom is -0.462 e. The van der Waals surface area contributed by atoms with Crippen LogP contribution in [-0.4, -0.2) is 18.5 Å². The maximum Gasteiger partial charge on any atom is 0.341 e. The average molecular weight is 394 g/mol. The van der Waals surface area contributed by atoms with Crippen LogP contribution in [0.2, 0.25) is 5.02 Å². The quantitative estimate of drug-likeness (QED) is 0.593. The number of aryl methyl sites for hydroxylation is 1. The fraction of sp³-hybridized carbons (Fsp3) is 0.400. The van der Waals surface area contributed by atoms with Gasteiger partial charge >= 0.3 is 5.97 Å². The second-order valence-electron chi connectivity index (χ2n) is 5.97. The molecule has 4 nitrogen and oxygen atoms in total. The number of carbonyl (C=O) groups is 2. The van der Waals surface area contributed by atoms with Gasteiger partial charge in [-0.15, -0.1) is 11.3 Å². The Bertz CT molecular complexity index is 779. The molecule has 0 aliphatic carbocycles. The van der Waals surface area contributed by atoms with Crippen LogP contribution in [0.4, 0.5) is 5.00 Å². The zero-order chi connectivity index (χ0) is 19.3. The number of ether oxygens (including phenoxy) is 1. The zero-order valence-corrected chi connectivity index (χ0v) is 17.1. The zero-order valence-electron chi connectivity index (χ0n) is 15.5. The molecule has 140 valence electrons. The van der Waals surface area contributed by atoms with Gasteiger partial charge in [0.1, 0.15) is 10.6 Å². The van der Waals surface area contributed by atoms with Crippen molar-refractivity contribution in [3.8, 4) is 11.1 Å². The summed E-state index contributed by atoms with van der Waals surface area (Å²) in [6.07, 6.45) is 1.51. The lowest BCUT2D eigenvalue weighted by atomic mass is 10.0.